The van der Waals surface area contributed by atoms with E-state index in [2.05, 4.69) is 26.0 Å². The van der Waals surface area contributed by atoms with E-state index in [0.717, 1.165) is 0 Å². The van der Waals surface area contributed by atoms with Crippen LogP contribution in [0.3, 0.4) is 0 Å². The van der Waals surface area contributed by atoms with Gasteiger partial charge in [0.15, 0.2) is 0 Å². The van der Waals surface area contributed by atoms with E-state index >= 15 is 0 Å². The second-order valence-corrected chi connectivity index (χ2v) is 6.77. The standard InChI is InChI=1S/C14H17BBrN3O2/c1-13(2)14(3,4)21-15(20-13)12-6-5-11(8-17-12)19-9-10(16)7-18-19/h5-9H,1-4H3/i7D,9D. The highest BCUT2D eigenvalue weighted by atomic mass is 79.9. The molecule has 3 rings (SSSR count). The van der Waals surface area contributed by atoms with Gasteiger partial charge in [0.05, 0.1) is 42.1 Å². The van der Waals surface area contributed by atoms with Crippen LogP contribution in [-0.2, 0) is 9.31 Å². The fourth-order valence-electron chi connectivity index (χ4n) is 1.99. The van der Waals surface area contributed by atoms with Crippen molar-refractivity contribution in [1.29, 1.82) is 0 Å². The van der Waals surface area contributed by atoms with E-state index in [9.17, 15) is 0 Å². The topological polar surface area (TPSA) is 49.2 Å². The number of rotatable bonds is 2. The number of pyridine rings is 1. The van der Waals surface area contributed by atoms with Gasteiger partial charge in [-0.05, 0) is 55.8 Å². The first-order chi connectivity index (χ1) is 10.6. The molecule has 110 valence electrons. The zero-order valence-electron chi connectivity index (χ0n) is 14.3. The molecule has 2 aromatic heterocycles. The highest BCUT2D eigenvalue weighted by molar-refractivity contribution is 9.10. The lowest BCUT2D eigenvalue weighted by molar-refractivity contribution is 0.00578. The Morgan fingerprint density at radius 3 is 2.38 bits per heavy atom. The van der Waals surface area contributed by atoms with Crippen LogP contribution in [0.15, 0.2) is 35.1 Å². The Kier molecular flexibility index (Phi) is 2.91. The summed E-state index contributed by atoms with van der Waals surface area (Å²) in [5, 5.41) is 4.00. The van der Waals surface area contributed by atoms with E-state index in [-0.39, 0.29) is 12.3 Å². The monoisotopic (exact) mass is 351 g/mol. The van der Waals surface area contributed by atoms with Crippen molar-refractivity contribution in [2.45, 2.75) is 38.9 Å². The highest BCUT2D eigenvalue weighted by Crippen LogP contribution is 2.36. The molecule has 0 amide bonds. The molecular formula is C14H17BBrN3O2. The molecule has 0 atom stereocenters. The minimum atomic E-state index is -0.527. The molecule has 0 bridgehead atoms. The Hall–Kier alpha value is -1.18. The van der Waals surface area contributed by atoms with Crippen molar-refractivity contribution in [2.75, 3.05) is 0 Å². The maximum absolute atomic E-state index is 7.93. The maximum atomic E-state index is 7.93. The van der Waals surface area contributed by atoms with Gasteiger partial charge < -0.3 is 9.31 Å². The van der Waals surface area contributed by atoms with E-state index in [1.807, 2.05) is 27.7 Å². The van der Waals surface area contributed by atoms with Crippen molar-refractivity contribution >= 4 is 28.6 Å². The quantitative estimate of drug-likeness (QED) is 0.779. The van der Waals surface area contributed by atoms with E-state index in [1.54, 1.807) is 18.3 Å². The summed E-state index contributed by atoms with van der Waals surface area (Å²) in [6, 6.07) is 3.57. The highest BCUT2D eigenvalue weighted by Gasteiger charge is 2.52. The normalized spacial score (nSPS) is 21.3. The molecule has 0 spiro atoms. The summed E-state index contributed by atoms with van der Waals surface area (Å²) in [7, 11) is -0.527. The van der Waals surface area contributed by atoms with Crippen LogP contribution in [0, 0.1) is 0 Å². The van der Waals surface area contributed by atoms with E-state index < -0.39 is 18.3 Å². The lowest BCUT2D eigenvalue weighted by Gasteiger charge is -2.32. The number of hydrogen-bond acceptors (Lipinski definition) is 4. The molecule has 1 aliphatic heterocycles. The molecule has 0 radical (unpaired) electrons. The Balaban J connectivity index is 1.88. The van der Waals surface area contributed by atoms with Gasteiger partial charge in [0, 0.05) is 6.17 Å². The van der Waals surface area contributed by atoms with Crippen molar-refractivity contribution in [3.63, 3.8) is 0 Å². The molecule has 7 heteroatoms. The third-order valence-electron chi connectivity index (χ3n) is 3.96. The number of nitrogens with zero attached hydrogens (tertiary/aromatic N) is 3. The largest absolute Gasteiger partial charge is 0.514 e. The van der Waals surface area contributed by atoms with Crippen LogP contribution in [0.25, 0.3) is 5.69 Å². The Bertz CT molecular complexity index is 733. The second-order valence-electron chi connectivity index (χ2n) is 5.98. The average molecular weight is 352 g/mol. The van der Waals surface area contributed by atoms with Crippen molar-refractivity contribution < 1.29 is 12.1 Å². The number of aromatic nitrogens is 3. The van der Waals surface area contributed by atoms with Crippen LogP contribution in [0.4, 0.5) is 0 Å². The maximum Gasteiger partial charge on any atom is 0.514 e. The second kappa shape index (κ2) is 4.93. The molecule has 21 heavy (non-hydrogen) atoms. The van der Waals surface area contributed by atoms with E-state index in [0.29, 0.717) is 15.8 Å². The van der Waals surface area contributed by atoms with Gasteiger partial charge in [-0.15, -0.1) is 0 Å². The molecule has 0 aliphatic carbocycles. The predicted octanol–water partition coefficient (Wildman–Crippen LogP) is 2.33. The minimum absolute atomic E-state index is 0.0186. The van der Waals surface area contributed by atoms with Crippen molar-refractivity contribution in [3.05, 3.63) is 35.1 Å². The summed E-state index contributed by atoms with van der Waals surface area (Å²) in [6.45, 7) is 7.96. The Morgan fingerprint density at radius 2 is 1.90 bits per heavy atom. The lowest BCUT2D eigenvalue weighted by atomic mass is 9.84. The fraction of sp³-hybridized carbons (Fsp3) is 0.429. The Labute approximate surface area is 135 Å². The van der Waals surface area contributed by atoms with Gasteiger partial charge in [-0.2, -0.15) is 5.10 Å². The molecule has 0 saturated carbocycles. The summed E-state index contributed by atoms with van der Waals surface area (Å²) in [5.41, 5.74) is 0.435. The molecule has 5 nitrogen and oxygen atoms in total. The summed E-state index contributed by atoms with van der Waals surface area (Å²) < 4.78 is 29.2. The molecule has 0 unspecified atom stereocenters. The summed E-state index contributed by atoms with van der Waals surface area (Å²) in [6.07, 6.45) is 1.72. The van der Waals surface area contributed by atoms with Gasteiger partial charge in [-0.25, -0.2) is 4.68 Å². The third kappa shape index (κ3) is 2.65. The Morgan fingerprint density at radius 1 is 1.24 bits per heavy atom. The van der Waals surface area contributed by atoms with Crippen LogP contribution >= 0.6 is 15.9 Å². The van der Waals surface area contributed by atoms with Gasteiger partial charge in [0.2, 0.25) is 0 Å². The first-order valence-corrected chi connectivity index (χ1v) is 7.45. The van der Waals surface area contributed by atoms with Crippen LogP contribution in [-0.4, -0.2) is 33.1 Å². The van der Waals surface area contributed by atoms with Gasteiger partial charge in [-0.3, -0.25) is 4.98 Å². The van der Waals surface area contributed by atoms with Gasteiger partial charge in [-0.1, -0.05) is 0 Å². The van der Waals surface area contributed by atoms with Crippen LogP contribution in [0.1, 0.15) is 30.4 Å². The smallest absolute Gasteiger partial charge is 0.398 e. The number of hydrogen-bond donors (Lipinski definition) is 0. The molecule has 3 heterocycles. The van der Waals surface area contributed by atoms with Crippen molar-refractivity contribution in [3.8, 4) is 5.69 Å². The van der Waals surface area contributed by atoms with Gasteiger partial charge in [0.25, 0.3) is 0 Å². The van der Waals surface area contributed by atoms with Crippen LogP contribution in [0.5, 0.6) is 0 Å². The minimum Gasteiger partial charge on any atom is -0.398 e. The SMILES string of the molecule is [2H]c1nn(-c2ccc(B3OC(C)(C)C(C)(C)O3)nc2)c([2H])c1Br. The van der Waals surface area contributed by atoms with Crippen LogP contribution in [0.2, 0.25) is 0 Å². The first kappa shape index (κ1) is 12.4. The zero-order chi connectivity index (χ0) is 17.0. The van der Waals surface area contributed by atoms with E-state index in [1.165, 1.54) is 4.68 Å². The van der Waals surface area contributed by atoms with Crippen molar-refractivity contribution in [2.24, 2.45) is 0 Å². The van der Waals surface area contributed by atoms with Crippen molar-refractivity contribution in [1.82, 2.24) is 14.8 Å². The van der Waals surface area contributed by atoms with Crippen LogP contribution < -0.4 is 5.59 Å². The molecule has 0 aromatic carbocycles. The summed E-state index contributed by atoms with van der Waals surface area (Å²) in [5.74, 6) is 0. The molecule has 2 aromatic rings. The zero-order valence-corrected chi connectivity index (χ0v) is 13.9. The lowest BCUT2D eigenvalue weighted by Crippen LogP contribution is -2.41. The molecular weight excluding hydrogens is 333 g/mol. The number of halogens is 1. The molecule has 1 aliphatic rings. The molecule has 1 fully saturated rings. The summed E-state index contributed by atoms with van der Waals surface area (Å²) in [4.78, 5) is 4.38. The van der Waals surface area contributed by atoms with E-state index in [4.69, 9.17) is 12.1 Å². The molecule has 0 N–H and O–H groups in total. The predicted molar refractivity (Wildman–Crippen MR) is 84.8 cm³/mol. The third-order valence-corrected chi connectivity index (χ3v) is 4.32. The van der Waals surface area contributed by atoms with Gasteiger partial charge in [0.1, 0.15) is 0 Å². The summed E-state index contributed by atoms with van der Waals surface area (Å²) >= 11 is 3.17. The first-order valence-electron chi connectivity index (χ1n) is 7.66. The van der Waals surface area contributed by atoms with Gasteiger partial charge >= 0.3 is 7.12 Å². The average Bonchev–Trinajstić information content (AvgIpc) is 2.86. The molecule has 1 saturated heterocycles. The fourth-order valence-corrected chi connectivity index (χ4v) is 2.23.